The number of carbonyl (C=O) groups excluding carboxylic acids is 1. The Morgan fingerprint density at radius 2 is 2.13 bits per heavy atom. The molecule has 2 heterocycles. The molecule has 8 heteroatoms. The van der Waals surface area contributed by atoms with Gasteiger partial charge >= 0.3 is 0 Å². The number of nitrogens with one attached hydrogen (secondary N) is 3. The van der Waals surface area contributed by atoms with Crippen LogP contribution in [-0.4, -0.2) is 21.1 Å². The SMILES string of the molecule is C[C@@H](NC(=O)Cc1cc(=O)[nH][nH]c1=O)c1nc2c(s1)CCCC2. The molecule has 2 aromatic rings. The zero-order chi connectivity index (χ0) is 16.4. The number of carbonyl (C=O) groups is 1. The second-order valence-electron chi connectivity index (χ2n) is 5.71. The van der Waals surface area contributed by atoms with Crippen molar-refractivity contribution in [3.05, 3.63) is 47.9 Å². The van der Waals surface area contributed by atoms with Crippen LogP contribution < -0.4 is 16.4 Å². The summed E-state index contributed by atoms with van der Waals surface area (Å²) in [6.07, 6.45) is 4.31. The first kappa shape index (κ1) is 15.7. The van der Waals surface area contributed by atoms with Crippen LogP contribution in [0.1, 0.15) is 46.9 Å². The van der Waals surface area contributed by atoms with Crippen molar-refractivity contribution in [1.29, 1.82) is 0 Å². The van der Waals surface area contributed by atoms with Crippen molar-refractivity contribution in [2.24, 2.45) is 0 Å². The summed E-state index contributed by atoms with van der Waals surface area (Å²) in [6.45, 7) is 1.88. The third-order valence-electron chi connectivity index (χ3n) is 3.86. The molecule has 0 spiro atoms. The van der Waals surface area contributed by atoms with Gasteiger partial charge in [-0.1, -0.05) is 0 Å². The molecule has 0 unspecified atom stereocenters. The van der Waals surface area contributed by atoms with Crippen molar-refractivity contribution in [1.82, 2.24) is 20.5 Å². The Morgan fingerprint density at radius 3 is 2.91 bits per heavy atom. The maximum atomic E-state index is 12.1. The Morgan fingerprint density at radius 1 is 1.35 bits per heavy atom. The molecule has 1 aliphatic rings. The predicted molar refractivity (Wildman–Crippen MR) is 86.7 cm³/mol. The van der Waals surface area contributed by atoms with E-state index in [4.69, 9.17) is 0 Å². The van der Waals surface area contributed by atoms with E-state index in [2.05, 4.69) is 20.5 Å². The molecule has 0 aromatic carbocycles. The zero-order valence-electron chi connectivity index (χ0n) is 12.8. The maximum absolute atomic E-state index is 12.1. The van der Waals surface area contributed by atoms with Crippen LogP contribution in [0.5, 0.6) is 0 Å². The van der Waals surface area contributed by atoms with Gasteiger partial charge in [0.25, 0.3) is 11.1 Å². The highest BCUT2D eigenvalue weighted by Crippen LogP contribution is 2.29. The summed E-state index contributed by atoms with van der Waals surface area (Å²) in [6, 6.07) is 0.935. The highest BCUT2D eigenvalue weighted by atomic mass is 32.1. The lowest BCUT2D eigenvalue weighted by Gasteiger charge is -2.10. The van der Waals surface area contributed by atoms with E-state index in [1.54, 1.807) is 11.3 Å². The molecular weight excluding hydrogens is 316 g/mol. The van der Waals surface area contributed by atoms with Crippen molar-refractivity contribution in [2.45, 2.75) is 45.1 Å². The molecule has 3 N–H and O–H groups in total. The summed E-state index contributed by atoms with van der Waals surface area (Å²) in [4.78, 5) is 40.8. The molecule has 3 rings (SSSR count). The normalized spacial score (nSPS) is 15.0. The number of aromatic amines is 2. The largest absolute Gasteiger partial charge is 0.347 e. The molecule has 0 fully saturated rings. The lowest BCUT2D eigenvalue weighted by molar-refractivity contribution is -0.121. The van der Waals surface area contributed by atoms with Gasteiger partial charge < -0.3 is 5.32 Å². The molecule has 23 heavy (non-hydrogen) atoms. The fourth-order valence-corrected chi connectivity index (χ4v) is 3.83. The summed E-state index contributed by atoms with van der Waals surface area (Å²) in [5.74, 6) is -0.304. The summed E-state index contributed by atoms with van der Waals surface area (Å²) < 4.78 is 0. The van der Waals surface area contributed by atoms with Crippen LogP contribution in [0, 0.1) is 0 Å². The third-order valence-corrected chi connectivity index (χ3v) is 5.20. The lowest BCUT2D eigenvalue weighted by atomic mass is 10.0. The molecule has 1 aliphatic carbocycles. The minimum absolute atomic E-state index is 0.130. The van der Waals surface area contributed by atoms with Crippen molar-refractivity contribution < 1.29 is 4.79 Å². The quantitative estimate of drug-likeness (QED) is 0.769. The third kappa shape index (κ3) is 3.58. The summed E-state index contributed by atoms with van der Waals surface area (Å²) in [7, 11) is 0. The number of aryl methyl sites for hydroxylation is 2. The average molecular weight is 334 g/mol. The van der Waals surface area contributed by atoms with Gasteiger partial charge in [-0.05, 0) is 32.6 Å². The molecule has 122 valence electrons. The van der Waals surface area contributed by atoms with Gasteiger partial charge in [-0.25, -0.2) is 4.98 Å². The number of hydrogen-bond donors (Lipinski definition) is 3. The molecule has 1 atom stereocenters. The van der Waals surface area contributed by atoms with E-state index in [1.165, 1.54) is 17.7 Å². The Hall–Kier alpha value is -2.22. The van der Waals surface area contributed by atoms with E-state index in [1.807, 2.05) is 6.92 Å². The topological polar surface area (TPSA) is 108 Å². The van der Waals surface area contributed by atoms with Gasteiger partial charge in [-0.2, -0.15) is 0 Å². The second kappa shape index (κ2) is 6.49. The van der Waals surface area contributed by atoms with Crippen LogP contribution in [0.15, 0.2) is 15.7 Å². The molecule has 0 saturated carbocycles. The van der Waals surface area contributed by atoms with E-state index >= 15 is 0 Å². The molecule has 0 saturated heterocycles. The first-order valence-corrected chi connectivity index (χ1v) is 8.43. The van der Waals surface area contributed by atoms with Crippen LogP contribution in [0.3, 0.4) is 0 Å². The molecule has 2 aromatic heterocycles. The first-order chi connectivity index (χ1) is 11.0. The standard InChI is InChI=1S/C15H18N4O3S/c1-8(15-17-10-4-2-3-5-11(10)23-15)16-12(20)6-9-7-13(21)18-19-14(9)22/h7-8H,2-6H2,1H3,(H,16,20)(H,18,21)(H,19,22)/t8-/m1/s1. The Kier molecular flexibility index (Phi) is 4.42. The molecule has 7 nitrogen and oxygen atoms in total. The van der Waals surface area contributed by atoms with E-state index in [0.29, 0.717) is 0 Å². The number of H-pyrrole nitrogens is 2. The highest BCUT2D eigenvalue weighted by molar-refractivity contribution is 7.11. The zero-order valence-corrected chi connectivity index (χ0v) is 13.6. The van der Waals surface area contributed by atoms with E-state index in [-0.39, 0.29) is 23.9 Å². The van der Waals surface area contributed by atoms with Crippen LogP contribution in [0.2, 0.25) is 0 Å². The van der Waals surface area contributed by atoms with Crippen LogP contribution >= 0.6 is 11.3 Å². The summed E-state index contributed by atoms with van der Waals surface area (Å²) in [5.41, 5.74) is 0.408. The Balaban J connectivity index is 1.67. The van der Waals surface area contributed by atoms with Crippen LogP contribution in [0.4, 0.5) is 0 Å². The lowest BCUT2D eigenvalue weighted by Crippen LogP contribution is -2.31. The average Bonchev–Trinajstić information content (AvgIpc) is 2.95. The number of thiazole rings is 1. The van der Waals surface area contributed by atoms with Gasteiger partial charge in [0.2, 0.25) is 5.91 Å². The van der Waals surface area contributed by atoms with Gasteiger partial charge in [0, 0.05) is 16.5 Å². The fourth-order valence-electron chi connectivity index (χ4n) is 2.67. The molecule has 1 amide bonds. The summed E-state index contributed by atoms with van der Waals surface area (Å²) in [5, 5.41) is 8.12. The molecular formula is C15H18N4O3S. The van der Waals surface area contributed by atoms with Gasteiger partial charge in [-0.15, -0.1) is 11.3 Å². The number of rotatable bonds is 4. The Bertz CT molecular complexity index is 812. The number of nitrogens with zero attached hydrogens (tertiary/aromatic N) is 1. The number of fused-ring (bicyclic) bond motifs is 1. The minimum atomic E-state index is -0.461. The van der Waals surface area contributed by atoms with E-state index in [0.717, 1.165) is 29.6 Å². The summed E-state index contributed by atoms with van der Waals surface area (Å²) >= 11 is 1.65. The smallest absolute Gasteiger partial charge is 0.266 e. The predicted octanol–water partition coefficient (Wildman–Crippen LogP) is 0.818. The van der Waals surface area contributed by atoms with Gasteiger partial charge in [0.15, 0.2) is 0 Å². The van der Waals surface area contributed by atoms with E-state index in [9.17, 15) is 14.4 Å². The van der Waals surface area contributed by atoms with Gasteiger partial charge in [0.1, 0.15) is 5.01 Å². The molecule has 0 bridgehead atoms. The fraction of sp³-hybridized carbons (Fsp3) is 0.467. The van der Waals surface area contributed by atoms with Crippen molar-refractivity contribution in [3.63, 3.8) is 0 Å². The molecule has 0 aliphatic heterocycles. The minimum Gasteiger partial charge on any atom is -0.347 e. The van der Waals surface area contributed by atoms with Crippen molar-refractivity contribution >= 4 is 17.2 Å². The number of hydrogen-bond acceptors (Lipinski definition) is 5. The monoisotopic (exact) mass is 334 g/mol. The molecule has 0 radical (unpaired) electrons. The number of amides is 1. The van der Waals surface area contributed by atoms with Gasteiger partial charge in [-0.3, -0.25) is 24.6 Å². The van der Waals surface area contributed by atoms with Crippen molar-refractivity contribution in [2.75, 3.05) is 0 Å². The maximum Gasteiger partial charge on any atom is 0.266 e. The Labute approximate surface area is 136 Å². The van der Waals surface area contributed by atoms with Crippen LogP contribution in [-0.2, 0) is 24.1 Å². The highest BCUT2D eigenvalue weighted by Gasteiger charge is 2.20. The van der Waals surface area contributed by atoms with Crippen molar-refractivity contribution in [3.8, 4) is 0 Å². The van der Waals surface area contributed by atoms with E-state index < -0.39 is 11.1 Å². The second-order valence-corrected chi connectivity index (χ2v) is 6.82. The van der Waals surface area contributed by atoms with Gasteiger partial charge in [0.05, 0.1) is 18.2 Å². The van der Waals surface area contributed by atoms with Crippen LogP contribution in [0.25, 0.3) is 0 Å². The first-order valence-electron chi connectivity index (χ1n) is 7.61. The number of aromatic nitrogens is 3.